The Morgan fingerprint density at radius 1 is 1.15 bits per heavy atom. The van der Waals surface area contributed by atoms with Crippen molar-refractivity contribution in [2.45, 2.75) is 6.10 Å². The lowest BCUT2D eigenvalue weighted by atomic mass is 10.1. The molecule has 0 aliphatic rings. The van der Waals surface area contributed by atoms with E-state index in [9.17, 15) is 9.50 Å². The molecule has 2 aromatic carbocycles. The smallest absolute Gasteiger partial charge is 0.295 e. The van der Waals surface area contributed by atoms with Gasteiger partial charge in [0.2, 0.25) is 0 Å². The lowest BCUT2D eigenvalue weighted by Crippen LogP contribution is -2.13. The molecule has 1 heterocycles. The van der Waals surface area contributed by atoms with Crippen molar-refractivity contribution >= 4 is 17.1 Å². The number of aromatic nitrogens is 1. The van der Waals surface area contributed by atoms with Crippen LogP contribution in [-0.2, 0) is 0 Å². The van der Waals surface area contributed by atoms with E-state index in [2.05, 4.69) is 10.3 Å². The van der Waals surface area contributed by atoms with E-state index in [1.54, 1.807) is 24.3 Å². The van der Waals surface area contributed by atoms with Gasteiger partial charge in [0.15, 0.2) is 5.58 Å². The molecule has 1 aromatic heterocycles. The number of anilines is 1. The van der Waals surface area contributed by atoms with Crippen LogP contribution in [0, 0.1) is 5.82 Å². The van der Waals surface area contributed by atoms with Crippen molar-refractivity contribution in [3.63, 3.8) is 0 Å². The summed E-state index contributed by atoms with van der Waals surface area (Å²) < 4.78 is 19.0. The summed E-state index contributed by atoms with van der Waals surface area (Å²) in [5.41, 5.74) is 1.64. The molecule has 102 valence electrons. The number of hydrogen-bond donors (Lipinski definition) is 2. The molecule has 0 unspecified atom stereocenters. The van der Waals surface area contributed by atoms with E-state index in [-0.39, 0.29) is 12.1 Å². The fraction of sp³-hybridized carbons (Fsp3) is 0.133. The third-order valence-corrected chi connectivity index (χ3v) is 3.00. The first-order chi connectivity index (χ1) is 9.74. The first-order valence-electron chi connectivity index (χ1n) is 6.26. The Hall–Kier alpha value is -2.40. The highest BCUT2D eigenvalue weighted by atomic mass is 19.1. The summed E-state index contributed by atoms with van der Waals surface area (Å²) in [7, 11) is 0. The van der Waals surface area contributed by atoms with Crippen LogP contribution in [0.2, 0.25) is 0 Å². The van der Waals surface area contributed by atoms with Crippen molar-refractivity contribution in [1.82, 2.24) is 4.98 Å². The van der Waals surface area contributed by atoms with Crippen LogP contribution in [0.15, 0.2) is 52.9 Å². The monoisotopic (exact) mass is 272 g/mol. The van der Waals surface area contributed by atoms with Crippen LogP contribution in [0.4, 0.5) is 10.4 Å². The molecule has 5 heteroatoms. The number of rotatable bonds is 4. The number of benzene rings is 2. The zero-order valence-corrected chi connectivity index (χ0v) is 10.6. The summed E-state index contributed by atoms with van der Waals surface area (Å²) in [6, 6.07) is 13.8. The number of aliphatic hydroxyl groups is 1. The van der Waals surface area contributed by atoms with E-state index in [0.29, 0.717) is 11.6 Å². The molecule has 0 spiro atoms. The van der Waals surface area contributed by atoms with E-state index in [1.807, 2.05) is 18.2 Å². The SMILES string of the molecule is O[C@@H](CNc1nc2ccccc2o1)c1ccccc1F. The number of nitrogens with one attached hydrogen (secondary N) is 1. The van der Waals surface area contributed by atoms with E-state index in [4.69, 9.17) is 4.42 Å². The number of halogens is 1. The van der Waals surface area contributed by atoms with E-state index in [1.165, 1.54) is 6.07 Å². The molecule has 0 fully saturated rings. The second kappa shape index (κ2) is 5.30. The van der Waals surface area contributed by atoms with Gasteiger partial charge in [-0.2, -0.15) is 4.98 Å². The fourth-order valence-corrected chi connectivity index (χ4v) is 1.99. The Morgan fingerprint density at radius 2 is 1.90 bits per heavy atom. The molecule has 0 saturated carbocycles. The molecule has 0 saturated heterocycles. The molecule has 0 radical (unpaired) electrons. The van der Waals surface area contributed by atoms with Gasteiger partial charge in [0.25, 0.3) is 6.01 Å². The predicted octanol–water partition coefficient (Wildman–Crippen LogP) is 3.11. The van der Waals surface area contributed by atoms with Crippen molar-refractivity contribution in [2.24, 2.45) is 0 Å². The van der Waals surface area contributed by atoms with Gasteiger partial charge in [0.1, 0.15) is 11.3 Å². The van der Waals surface area contributed by atoms with Gasteiger partial charge in [-0.1, -0.05) is 30.3 Å². The summed E-state index contributed by atoms with van der Waals surface area (Å²) in [4.78, 5) is 4.22. The third kappa shape index (κ3) is 2.48. The molecular weight excluding hydrogens is 259 g/mol. The van der Waals surface area contributed by atoms with Crippen molar-refractivity contribution < 1.29 is 13.9 Å². The Labute approximate surface area is 114 Å². The van der Waals surface area contributed by atoms with Gasteiger partial charge in [0.05, 0.1) is 6.10 Å². The minimum atomic E-state index is -0.966. The summed E-state index contributed by atoms with van der Waals surface area (Å²) in [6.45, 7) is 0.119. The molecule has 0 bridgehead atoms. The number of para-hydroxylation sites is 2. The molecule has 1 atom stereocenters. The average Bonchev–Trinajstić information content (AvgIpc) is 2.88. The van der Waals surface area contributed by atoms with E-state index < -0.39 is 11.9 Å². The number of hydrogen-bond acceptors (Lipinski definition) is 4. The molecule has 4 nitrogen and oxygen atoms in total. The van der Waals surface area contributed by atoms with Crippen molar-refractivity contribution in [1.29, 1.82) is 0 Å². The van der Waals surface area contributed by atoms with Gasteiger partial charge < -0.3 is 14.8 Å². The highest BCUT2D eigenvalue weighted by Gasteiger charge is 2.13. The van der Waals surface area contributed by atoms with Gasteiger partial charge in [-0.3, -0.25) is 0 Å². The summed E-state index contributed by atoms with van der Waals surface area (Å²) in [5, 5.41) is 12.8. The largest absolute Gasteiger partial charge is 0.424 e. The lowest BCUT2D eigenvalue weighted by Gasteiger charge is -2.11. The number of fused-ring (bicyclic) bond motifs is 1. The Morgan fingerprint density at radius 3 is 2.70 bits per heavy atom. The van der Waals surface area contributed by atoms with E-state index in [0.717, 1.165) is 5.52 Å². The number of aliphatic hydroxyl groups excluding tert-OH is 1. The third-order valence-electron chi connectivity index (χ3n) is 3.00. The Balaban J connectivity index is 1.71. The first-order valence-corrected chi connectivity index (χ1v) is 6.26. The summed E-state index contributed by atoms with van der Waals surface area (Å²) in [5.74, 6) is -0.431. The lowest BCUT2D eigenvalue weighted by molar-refractivity contribution is 0.186. The van der Waals surface area contributed by atoms with E-state index >= 15 is 0 Å². The number of nitrogens with zero attached hydrogens (tertiary/aromatic N) is 1. The zero-order chi connectivity index (χ0) is 13.9. The second-order valence-corrected chi connectivity index (χ2v) is 4.40. The first kappa shape index (κ1) is 12.6. The van der Waals surface area contributed by atoms with Crippen LogP contribution in [0.25, 0.3) is 11.1 Å². The van der Waals surface area contributed by atoms with Gasteiger partial charge in [-0.25, -0.2) is 4.39 Å². The molecule has 2 N–H and O–H groups in total. The van der Waals surface area contributed by atoms with Crippen LogP contribution in [0.3, 0.4) is 0 Å². The highest BCUT2D eigenvalue weighted by Crippen LogP contribution is 2.20. The van der Waals surface area contributed by atoms with Crippen LogP contribution >= 0.6 is 0 Å². The van der Waals surface area contributed by atoms with Crippen molar-refractivity contribution in [2.75, 3.05) is 11.9 Å². The standard InChI is InChI=1S/C15H13FN2O2/c16-11-6-2-1-5-10(11)13(19)9-17-15-18-12-7-3-4-8-14(12)20-15/h1-8,13,19H,9H2,(H,17,18)/t13-/m0/s1. The minimum absolute atomic E-state index is 0.119. The van der Waals surface area contributed by atoms with Crippen molar-refractivity contribution in [3.8, 4) is 0 Å². The zero-order valence-electron chi connectivity index (χ0n) is 10.6. The summed E-state index contributed by atoms with van der Waals surface area (Å²) in [6.07, 6.45) is -0.966. The Bertz CT molecular complexity index is 693. The highest BCUT2D eigenvalue weighted by molar-refractivity contribution is 5.74. The van der Waals surface area contributed by atoms with Gasteiger partial charge in [-0.15, -0.1) is 0 Å². The Kier molecular flexibility index (Phi) is 3.35. The van der Waals surface area contributed by atoms with Crippen LogP contribution < -0.4 is 5.32 Å². The maximum Gasteiger partial charge on any atom is 0.295 e. The molecule has 20 heavy (non-hydrogen) atoms. The van der Waals surface area contributed by atoms with Crippen LogP contribution in [-0.4, -0.2) is 16.6 Å². The maximum absolute atomic E-state index is 13.5. The molecule has 3 aromatic rings. The van der Waals surface area contributed by atoms with Gasteiger partial charge in [0, 0.05) is 12.1 Å². The minimum Gasteiger partial charge on any atom is -0.424 e. The predicted molar refractivity (Wildman–Crippen MR) is 73.9 cm³/mol. The summed E-state index contributed by atoms with van der Waals surface area (Å²) >= 11 is 0. The molecule has 0 aliphatic heterocycles. The number of oxazole rings is 1. The van der Waals surface area contributed by atoms with Crippen molar-refractivity contribution in [3.05, 3.63) is 59.9 Å². The van der Waals surface area contributed by atoms with Gasteiger partial charge >= 0.3 is 0 Å². The average molecular weight is 272 g/mol. The topological polar surface area (TPSA) is 58.3 Å². The second-order valence-electron chi connectivity index (χ2n) is 4.40. The maximum atomic E-state index is 13.5. The molecule has 3 rings (SSSR count). The quantitative estimate of drug-likeness (QED) is 0.766. The van der Waals surface area contributed by atoms with Crippen LogP contribution in [0.5, 0.6) is 0 Å². The van der Waals surface area contributed by atoms with Crippen LogP contribution in [0.1, 0.15) is 11.7 Å². The molecular formula is C15H13FN2O2. The van der Waals surface area contributed by atoms with Gasteiger partial charge in [-0.05, 0) is 18.2 Å². The molecule has 0 amide bonds. The normalized spacial score (nSPS) is 12.5. The fourth-order valence-electron chi connectivity index (χ4n) is 1.99. The molecule has 0 aliphatic carbocycles.